The smallest absolute Gasteiger partial charge is 0.326 e. The zero-order valence-electron chi connectivity index (χ0n) is 17.1. The summed E-state index contributed by atoms with van der Waals surface area (Å²) in [6.07, 6.45) is 0.298. The second-order valence-corrected chi connectivity index (χ2v) is 6.64. The van der Waals surface area contributed by atoms with E-state index in [1.54, 1.807) is 0 Å². The van der Waals surface area contributed by atoms with Crippen LogP contribution in [0.4, 0.5) is 0 Å². The van der Waals surface area contributed by atoms with Gasteiger partial charge in [-0.15, -0.1) is 0 Å². The molecule has 176 valence electrons. The highest BCUT2D eigenvalue weighted by Crippen LogP contribution is 2.04. The van der Waals surface area contributed by atoms with Gasteiger partial charge < -0.3 is 50.1 Å². The molecule has 31 heavy (non-hydrogen) atoms. The van der Waals surface area contributed by atoms with Crippen LogP contribution in [0.5, 0.6) is 0 Å². The Kier molecular flexibility index (Phi) is 12.7. The molecular weight excluding hydrogens is 412 g/mol. The minimum atomic E-state index is -1.27. The van der Waals surface area contributed by atoms with Crippen molar-refractivity contribution in [2.45, 2.75) is 50.2 Å². The zero-order valence-corrected chi connectivity index (χ0v) is 17.1. The average Bonchev–Trinajstić information content (AvgIpc) is 2.64. The molecule has 0 aromatic rings. The Morgan fingerprint density at radius 1 is 0.774 bits per heavy atom. The van der Waals surface area contributed by atoms with E-state index in [1.165, 1.54) is 0 Å². The predicted octanol–water partition coefficient (Wildman–Crippen LogP) is -4.65. The molecule has 15 N–H and O–H groups in total. The van der Waals surface area contributed by atoms with Gasteiger partial charge in [0.1, 0.15) is 12.1 Å². The van der Waals surface area contributed by atoms with Crippen LogP contribution in [0.15, 0.2) is 9.98 Å². The molecular formula is C16H32N10O5. The zero-order chi connectivity index (χ0) is 24.0. The molecule has 15 nitrogen and oxygen atoms in total. The van der Waals surface area contributed by atoms with Gasteiger partial charge in [0.05, 0.1) is 12.5 Å². The van der Waals surface area contributed by atoms with Crippen LogP contribution in [0.2, 0.25) is 0 Å². The number of rotatable bonds is 15. The second kappa shape index (κ2) is 14.4. The summed E-state index contributed by atoms with van der Waals surface area (Å²) in [5.41, 5.74) is 31.5. The number of nitrogens with zero attached hydrogens (tertiary/aromatic N) is 2. The summed E-state index contributed by atoms with van der Waals surface area (Å²) in [6, 6.07) is -3.64. The van der Waals surface area contributed by atoms with E-state index in [2.05, 4.69) is 20.6 Å². The standard InChI is InChI=1S/C16H32N10O5/c17-8(7-11(18)27)12(28)25-9(3-1-5-23-15(19)20)13(29)26-10(14(30)31)4-2-6-24-16(21)22/h8-10H,1-7,17H2,(H2,18,27)(H,25,28)(H,26,29)(H,30,31)(H4,19,20,23)(H4,21,22,24). The van der Waals surface area contributed by atoms with E-state index in [0.29, 0.717) is 12.8 Å². The van der Waals surface area contributed by atoms with Crippen LogP contribution in [0.3, 0.4) is 0 Å². The van der Waals surface area contributed by atoms with Crippen molar-refractivity contribution in [2.24, 2.45) is 44.4 Å². The molecule has 3 amide bonds. The Morgan fingerprint density at radius 3 is 1.65 bits per heavy atom. The van der Waals surface area contributed by atoms with Crippen molar-refractivity contribution in [3.8, 4) is 0 Å². The summed E-state index contributed by atoms with van der Waals surface area (Å²) >= 11 is 0. The molecule has 0 radical (unpaired) electrons. The molecule has 0 saturated carbocycles. The van der Waals surface area contributed by atoms with Crippen LogP contribution in [0.1, 0.15) is 32.1 Å². The molecule has 0 aliphatic rings. The molecule has 3 unspecified atom stereocenters. The third kappa shape index (κ3) is 13.3. The minimum Gasteiger partial charge on any atom is -0.480 e. The number of guanidine groups is 2. The molecule has 0 aromatic heterocycles. The van der Waals surface area contributed by atoms with Crippen molar-refractivity contribution in [1.29, 1.82) is 0 Å². The van der Waals surface area contributed by atoms with Gasteiger partial charge in [-0.1, -0.05) is 0 Å². The molecule has 0 spiro atoms. The largest absolute Gasteiger partial charge is 0.480 e. The topological polar surface area (TPSA) is 293 Å². The molecule has 0 aromatic carbocycles. The number of carboxylic acids is 1. The second-order valence-electron chi connectivity index (χ2n) is 6.64. The van der Waals surface area contributed by atoms with Gasteiger partial charge in [-0.05, 0) is 25.7 Å². The van der Waals surface area contributed by atoms with Crippen LogP contribution < -0.4 is 45.0 Å². The molecule has 0 aliphatic heterocycles. The summed E-state index contributed by atoms with van der Waals surface area (Å²) in [7, 11) is 0. The first-order valence-corrected chi connectivity index (χ1v) is 9.42. The molecule has 0 saturated heterocycles. The Labute approximate surface area is 179 Å². The number of hydrogen-bond donors (Lipinski definition) is 9. The van der Waals surface area contributed by atoms with Gasteiger partial charge in [-0.3, -0.25) is 24.4 Å². The molecule has 0 bridgehead atoms. The fourth-order valence-electron chi connectivity index (χ4n) is 2.39. The third-order valence-corrected chi connectivity index (χ3v) is 3.90. The summed E-state index contributed by atoms with van der Waals surface area (Å²) in [5, 5.41) is 14.1. The lowest BCUT2D eigenvalue weighted by atomic mass is 10.1. The first-order valence-electron chi connectivity index (χ1n) is 9.42. The van der Waals surface area contributed by atoms with Gasteiger partial charge in [0, 0.05) is 13.1 Å². The highest BCUT2D eigenvalue weighted by atomic mass is 16.4. The van der Waals surface area contributed by atoms with Crippen LogP contribution in [0.25, 0.3) is 0 Å². The minimum absolute atomic E-state index is 0.0493. The quantitative estimate of drug-likeness (QED) is 0.0660. The third-order valence-electron chi connectivity index (χ3n) is 3.90. The summed E-state index contributed by atoms with van der Waals surface area (Å²) in [5.74, 6) is -3.87. The number of aliphatic imine (C=N–C) groups is 2. The molecule has 0 heterocycles. The molecule has 15 heteroatoms. The van der Waals surface area contributed by atoms with Gasteiger partial charge in [-0.25, -0.2) is 4.79 Å². The first-order chi connectivity index (χ1) is 14.4. The number of nitrogens with one attached hydrogen (secondary N) is 2. The Morgan fingerprint density at radius 2 is 1.23 bits per heavy atom. The van der Waals surface area contributed by atoms with Crippen LogP contribution in [0, 0.1) is 0 Å². The lowest BCUT2D eigenvalue weighted by Crippen LogP contribution is -2.54. The monoisotopic (exact) mass is 444 g/mol. The number of nitrogens with two attached hydrogens (primary N) is 6. The summed E-state index contributed by atoms with van der Waals surface area (Å²) in [6.45, 7) is 0.360. The van der Waals surface area contributed by atoms with Crippen molar-refractivity contribution in [3.05, 3.63) is 0 Å². The van der Waals surface area contributed by atoms with Crippen LogP contribution in [-0.4, -0.2) is 71.9 Å². The van der Waals surface area contributed by atoms with E-state index < -0.39 is 48.2 Å². The molecule has 3 atom stereocenters. The fraction of sp³-hybridized carbons (Fsp3) is 0.625. The fourth-order valence-corrected chi connectivity index (χ4v) is 2.39. The van der Waals surface area contributed by atoms with Crippen LogP contribution >= 0.6 is 0 Å². The lowest BCUT2D eigenvalue weighted by molar-refractivity contribution is -0.142. The normalized spacial score (nSPS) is 13.2. The first kappa shape index (κ1) is 27.4. The predicted molar refractivity (Wildman–Crippen MR) is 113 cm³/mol. The van der Waals surface area contributed by atoms with Gasteiger partial charge >= 0.3 is 5.97 Å². The van der Waals surface area contributed by atoms with E-state index in [4.69, 9.17) is 34.4 Å². The van der Waals surface area contributed by atoms with Crippen LogP contribution in [-0.2, 0) is 19.2 Å². The lowest BCUT2D eigenvalue weighted by Gasteiger charge is -2.22. The number of primary amides is 1. The average molecular weight is 444 g/mol. The number of carbonyl (C=O) groups excluding carboxylic acids is 3. The number of aliphatic carboxylic acids is 1. The summed E-state index contributed by atoms with van der Waals surface area (Å²) < 4.78 is 0. The highest BCUT2D eigenvalue weighted by Gasteiger charge is 2.28. The molecule has 0 aliphatic carbocycles. The number of carboxylic acid groups (broad SMARTS) is 1. The highest BCUT2D eigenvalue weighted by molar-refractivity contribution is 5.93. The van der Waals surface area contributed by atoms with E-state index in [0.717, 1.165) is 0 Å². The Balaban J connectivity index is 5.13. The number of carbonyl (C=O) groups is 4. The maximum atomic E-state index is 12.6. The van der Waals surface area contributed by atoms with Crippen molar-refractivity contribution in [3.63, 3.8) is 0 Å². The summed E-state index contributed by atoms with van der Waals surface area (Å²) in [4.78, 5) is 54.8. The van der Waals surface area contributed by atoms with Gasteiger partial charge in [0.2, 0.25) is 17.7 Å². The maximum Gasteiger partial charge on any atom is 0.326 e. The SMILES string of the molecule is NC(=O)CC(N)C(=O)NC(CCCN=C(N)N)C(=O)NC(CCCN=C(N)N)C(=O)O. The van der Waals surface area contributed by atoms with E-state index in [9.17, 15) is 24.3 Å². The van der Waals surface area contributed by atoms with Gasteiger partial charge in [0.25, 0.3) is 0 Å². The van der Waals surface area contributed by atoms with E-state index >= 15 is 0 Å². The van der Waals surface area contributed by atoms with Crippen molar-refractivity contribution in [2.75, 3.05) is 13.1 Å². The van der Waals surface area contributed by atoms with Crippen molar-refractivity contribution < 1.29 is 24.3 Å². The number of hydrogen-bond acceptors (Lipinski definition) is 7. The van der Waals surface area contributed by atoms with E-state index in [1.807, 2.05) is 0 Å². The van der Waals surface area contributed by atoms with Gasteiger partial charge in [-0.2, -0.15) is 0 Å². The van der Waals surface area contributed by atoms with Crippen molar-refractivity contribution >= 4 is 35.6 Å². The molecule has 0 rings (SSSR count). The van der Waals surface area contributed by atoms with Crippen molar-refractivity contribution in [1.82, 2.24) is 10.6 Å². The van der Waals surface area contributed by atoms with E-state index in [-0.39, 0.29) is 37.9 Å². The number of amides is 3. The van der Waals surface area contributed by atoms with Gasteiger partial charge in [0.15, 0.2) is 11.9 Å². The maximum absolute atomic E-state index is 12.6. The Hall–Kier alpha value is -3.62. The Bertz CT molecular complexity index is 688. The molecule has 0 fully saturated rings.